The average Bonchev–Trinajstić information content (AvgIpc) is 3.34. The summed E-state index contributed by atoms with van der Waals surface area (Å²) in [6.07, 6.45) is 1.63. The molecule has 30 heavy (non-hydrogen) atoms. The smallest absolute Gasteiger partial charge is 0.262 e. The Morgan fingerprint density at radius 3 is 2.67 bits per heavy atom. The van der Waals surface area contributed by atoms with Gasteiger partial charge in [-0.3, -0.25) is 4.79 Å². The van der Waals surface area contributed by atoms with Gasteiger partial charge in [0, 0.05) is 29.7 Å². The number of aryl methyl sites for hydroxylation is 1. The number of carbonyl (C=O) groups excluding carboxylic acids is 1. The van der Waals surface area contributed by atoms with E-state index in [9.17, 15) is 10.1 Å². The summed E-state index contributed by atoms with van der Waals surface area (Å²) in [5, 5.41) is 12.3. The molecule has 0 spiro atoms. The summed E-state index contributed by atoms with van der Waals surface area (Å²) >= 11 is 0. The van der Waals surface area contributed by atoms with Crippen molar-refractivity contribution >= 4 is 12.0 Å². The average molecular weight is 399 g/mol. The number of rotatable bonds is 5. The molecular formula is C24H21N3O3. The Hall–Kier alpha value is -3.98. The van der Waals surface area contributed by atoms with Gasteiger partial charge < -0.3 is 19.4 Å². The highest BCUT2D eigenvalue weighted by Crippen LogP contribution is 2.35. The third kappa shape index (κ3) is 3.78. The van der Waals surface area contributed by atoms with Gasteiger partial charge in [-0.25, -0.2) is 0 Å². The Labute approximate surface area is 175 Å². The number of aromatic nitrogens is 1. The highest BCUT2D eigenvalue weighted by molar-refractivity contribution is 6.01. The van der Waals surface area contributed by atoms with Gasteiger partial charge >= 0.3 is 0 Å². The minimum atomic E-state index is -0.394. The summed E-state index contributed by atoms with van der Waals surface area (Å²) in [4.78, 5) is 12.5. The van der Waals surface area contributed by atoms with Gasteiger partial charge in [-0.2, -0.15) is 5.26 Å². The molecule has 1 aromatic heterocycles. The summed E-state index contributed by atoms with van der Waals surface area (Å²) in [6, 6.07) is 19.3. The van der Waals surface area contributed by atoms with E-state index in [2.05, 4.69) is 9.88 Å². The van der Waals surface area contributed by atoms with Gasteiger partial charge in [-0.1, -0.05) is 30.3 Å². The second-order valence-electron chi connectivity index (χ2n) is 7.04. The molecule has 0 bridgehead atoms. The van der Waals surface area contributed by atoms with Crippen LogP contribution in [0.3, 0.4) is 0 Å². The number of ether oxygens (including phenoxy) is 2. The second-order valence-corrected chi connectivity index (χ2v) is 7.04. The second kappa shape index (κ2) is 8.18. The van der Waals surface area contributed by atoms with E-state index < -0.39 is 5.91 Å². The Morgan fingerprint density at radius 2 is 1.90 bits per heavy atom. The number of nitrogens with one attached hydrogen (secondary N) is 1. The van der Waals surface area contributed by atoms with E-state index in [1.54, 1.807) is 6.08 Å². The van der Waals surface area contributed by atoms with Gasteiger partial charge in [0.25, 0.3) is 5.91 Å². The molecule has 1 aliphatic heterocycles. The fourth-order valence-corrected chi connectivity index (χ4v) is 3.53. The molecule has 1 N–H and O–H groups in total. The van der Waals surface area contributed by atoms with Crippen molar-refractivity contribution < 1.29 is 14.3 Å². The van der Waals surface area contributed by atoms with E-state index >= 15 is 0 Å². The monoisotopic (exact) mass is 399 g/mol. The minimum absolute atomic E-state index is 0.0665. The SMILES string of the molecule is Cc1cc(C=C(C#N)C(=O)NCc2ccccc2)c(C)n1-c1ccc2c(c1)OCO2. The predicted molar refractivity (Wildman–Crippen MR) is 113 cm³/mol. The molecule has 3 aromatic rings. The van der Waals surface area contributed by atoms with Crippen LogP contribution in [0.1, 0.15) is 22.5 Å². The van der Waals surface area contributed by atoms with Crippen LogP contribution in [0, 0.1) is 25.2 Å². The zero-order chi connectivity index (χ0) is 21.1. The lowest BCUT2D eigenvalue weighted by atomic mass is 10.1. The van der Waals surface area contributed by atoms with Gasteiger partial charge in [0.2, 0.25) is 6.79 Å². The fourth-order valence-electron chi connectivity index (χ4n) is 3.53. The standard InChI is InChI=1S/C24H21N3O3/c1-16-10-19(11-20(13-25)24(28)26-14-18-6-4-3-5-7-18)17(2)27(16)21-8-9-22-23(12-21)30-15-29-22/h3-12H,14-15H2,1-2H3,(H,26,28). The largest absolute Gasteiger partial charge is 0.454 e. The molecule has 0 aliphatic carbocycles. The lowest BCUT2D eigenvalue weighted by Crippen LogP contribution is -2.23. The number of hydrogen-bond acceptors (Lipinski definition) is 4. The van der Waals surface area contributed by atoms with Crippen LogP contribution in [-0.4, -0.2) is 17.3 Å². The minimum Gasteiger partial charge on any atom is -0.454 e. The van der Waals surface area contributed by atoms with E-state index in [0.717, 1.165) is 34.0 Å². The lowest BCUT2D eigenvalue weighted by Gasteiger charge is -2.10. The van der Waals surface area contributed by atoms with Gasteiger partial charge in [-0.15, -0.1) is 0 Å². The fraction of sp³-hybridized carbons (Fsp3) is 0.167. The Morgan fingerprint density at radius 1 is 1.13 bits per heavy atom. The van der Waals surface area contributed by atoms with Crippen LogP contribution in [0.25, 0.3) is 11.8 Å². The van der Waals surface area contributed by atoms with Gasteiger partial charge in [0.15, 0.2) is 11.5 Å². The molecule has 0 fully saturated rings. The first kappa shape index (κ1) is 19.3. The molecule has 4 rings (SSSR count). The summed E-state index contributed by atoms with van der Waals surface area (Å²) < 4.78 is 12.9. The predicted octanol–water partition coefficient (Wildman–Crippen LogP) is 4.05. The van der Waals surface area contributed by atoms with Crippen molar-refractivity contribution in [2.24, 2.45) is 0 Å². The number of carbonyl (C=O) groups is 1. The van der Waals surface area contributed by atoms with E-state index in [4.69, 9.17) is 9.47 Å². The van der Waals surface area contributed by atoms with Crippen LogP contribution in [-0.2, 0) is 11.3 Å². The van der Waals surface area contributed by atoms with Crippen molar-refractivity contribution in [2.75, 3.05) is 6.79 Å². The van der Waals surface area contributed by atoms with E-state index in [1.807, 2.05) is 74.5 Å². The summed E-state index contributed by atoms with van der Waals surface area (Å²) in [5.41, 5.74) is 4.70. The number of hydrogen-bond donors (Lipinski definition) is 1. The first-order chi connectivity index (χ1) is 14.6. The van der Waals surface area contributed by atoms with Crippen LogP contribution in [0.5, 0.6) is 11.5 Å². The summed E-state index contributed by atoms with van der Waals surface area (Å²) in [6.45, 7) is 4.53. The van der Waals surface area contributed by atoms with Crippen LogP contribution in [0.4, 0.5) is 0 Å². The Kier molecular flexibility index (Phi) is 5.27. The van der Waals surface area contributed by atoms with Crippen molar-refractivity contribution in [3.63, 3.8) is 0 Å². The topological polar surface area (TPSA) is 76.3 Å². The van der Waals surface area contributed by atoms with Crippen molar-refractivity contribution in [1.29, 1.82) is 5.26 Å². The number of amides is 1. The first-order valence-corrected chi connectivity index (χ1v) is 9.59. The zero-order valence-corrected chi connectivity index (χ0v) is 16.8. The van der Waals surface area contributed by atoms with Gasteiger partial charge in [0.05, 0.1) is 0 Å². The van der Waals surface area contributed by atoms with Crippen LogP contribution < -0.4 is 14.8 Å². The Balaban J connectivity index is 1.59. The molecule has 1 aliphatic rings. The van der Waals surface area contributed by atoms with Crippen molar-refractivity contribution in [3.8, 4) is 23.3 Å². The molecule has 2 heterocycles. The van der Waals surface area contributed by atoms with Crippen molar-refractivity contribution in [1.82, 2.24) is 9.88 Å². The molecule has 0 unspecified atom stereocenters. The molecule has 0 atom stereocenters. The first-order valence-electron chi connectivity index (χ1n) is 9.59. The quantitative estimate of drug-likeness (QED) is 0.519. The molecule has 0 radical (unpaired) electrons. The number of fused-ring (bicyclic) bond motifs is 1. The number of nitrogens with zero attached hydrogens (tertiary/aromatic N) is 2. The Bertz CT molecular complexity index is 1170. The molecule has 150 valence electrons. The van der Waals surface area contributed by atoms with Gasteiger partial charge in [0.1, 0.15) is 11.6 Å². The van der Waals surface area contributed by atoms with Crippen LogP contribution in [0.15, 0.2) is 60.2 Å². The summed E-state index contributed by atoms with van der Waals surface area (Å²) in [7, 11) is 0. The van der Waals surface area contributed by atoms with Crippen LogP contribution in [0.2, 0.25) is 0 Å². The third-order valence-electron chi connectivity index (χ3n) is 5.05. The maximum atomic E-state index is 12.5. The molecule has 2 aromatic carbocycles. The maximum absolute atomic E-state index is 12.5. The maximum Gasteiger partial charge on any atom is 0.262 e. The molecule has 6 nitrogen and oxygen atoms in total. The normalized spacial score (nSPS) is 12.5. The zero-order valence-electron chi connectivity index (χ0n) is 16.8. The van der Waals surface area contributed by atoms with E-state index in [0.29, 0.717) is 12.3 Å². The van der Waals surface area contributed by atoms with Crippen molar-refractivity contribution in [2.45, 2.75) is 20.4 Å². The lowest BCUT2D eigenvalue weighted by molar-refractivity contribution is -0.117. The molecule has 0 saturated heterocycles. The molecule has 6 heteroatoms. The highest BCUT2D eigenvalue weighted by atomic mass is 16.7. The molecule has 1 amide bonds. The van der Waals surface area contributed by atoms with Gasteiger partial charge in [-0.05, 0) is 49.2 Å². The van der Waals surface area contributed by atoms with E-state index in [1.165, 1.54) is 0 Å². The molecular weight excluding hydrogens is 378 g/mol. The molecule has 0 saturated carbocycles. The highest BCUT2D eigenvalue weighted by Gasteiger charge is 2.17. The number of benzene rings is 2. The van der Waals surface area contributed by atoms with E-state index in [-0.39, 0.29) is 12.4 Å². The van der Waals surface area contributed by atoms with Crippen LogP contribution >= 0.6 is 0 Å². The third-order valence-corrected chi connectivity index (χ3v) is 5.05. The van der Waals surface area contributed by atoms with Crippen molar-refractivity contribution in [3.05, 3.63) is 82.7 Å². The number of nitriles is 1. The summed E-state index contributed by atoms with van der Waals surface area (Å²) in [5.74, 6) is 1.03.